The van der Waals surface area contributed by atoms with Crippen LogP contribution < -0.4 is 4.90 Å². The summed E-state index contributed by atoms with van der Waals surface area (Å²) in [4.78, 5) is 25.2. The molecular formula is C17H19ClN4O. The summed E-state index contributed by atoms with van der Waals surface area (Å²) >= 11 is 5.97. The van der Waals surface area contributed by atoms with Crippen molar-refractivity contribution in [1.29, 1.82) is 0 Å². The van der Waals surface area contributed by atoms with Gasteiger partial charge in [-0.25, -0.2) is 9.97 Å². The smallest absolute Gasteiger partial charge is 0.227 e. The molecule has 0 N–H and O–H groups in total. The highest BCUT2D eigenvalue weighted by molar-refractivity contribution is 6.30. The number of amides is 1. The van der Waals surface area contributed by atoms with Crippen LogP contribution in [0.15, 0.2) is 36.5 Å². The fourth-order valence-corrected chi connectivity index (χ4v) is 2.89. The number of carbonyl (C=O) groups is 1. The highest BCUT2D eigenvalue weighted by atomic mass is 35.5. The maximum atomic E-state index is 12.4. The molecule has 1 saturated heterocycles. The lowest BCUT2D eigenvalue weighted by atomic mass is 10.1. The predicted molar refractivity (Wildman–Crippen MR) is 90.7 cm³/mol. The Kier molecular flexibility index (Phi) is 4.76. The van der Waals surface area contributed by atoms with E-state index < -0.39 is 0 Å². The molecule has 0 aliphatic carbocycles. The van der Waals surface area contributed by atoms with Crippen molar-refractivity contribution in [1.82, 2.24) is 14.9 Å². The topological polar surface area (TPSA) is 49.3 Å². The molecule has 3 rings (SSSR count). The van der Waals surface area contributed by atoms with Gasteiger partial charge in [0, 0.05) is 43.1 Å². The summed E-state index contributed by atoms with van der Waals surface area (Å²) in [6.07, 6.45) is 2.16. The predicted octanol–water partition coefficient (Wildman–Crippen LogP) is 2.33. The maximum absolute atomic E-state index is 12.4. The molecule has 23 heavy (non-hydrogen) atoms. The van der Waals surface area contributed by atoms with Crippen LogP contribution in [0.4, 0.5) is 5.95 Å². The minimum absolute atomic E-state index is 0.136. The van der Waals surface area contributed by atoms with Crippen molar-refractivity contribution in [3.63, 3.8) is 0 Å². The summed E-state index contributed by atoms with van der Waals surface area (Å²) in [6.45, 7) is 4.85. The van der Waals surface area contributed by atoms with Crippen molar-refractivity contribution >= 4 is 23.5 Å². The fourth-order valence-electron chi connectivity index (χ4n) is 2.68. The summed E-state index contributed by atoms with van der Waals surface area (Å²) in [5.41, 5.74) is 1.90. The lowest BCUT2D eigenvalue weighted by Gasteiger charge is -2.34. The average Bonchev–Trinajstić information content (AvgIpc) is 2.55. The lowest BCUT2D eigenvalue weighted by molar-refractivity contribution is -0.130. The van der Waals surface area contributed by atoms with Crippen LogP contribution in [0, 0.1) is 6.92 Å². The average molecular weight is 331 g/mol. The Balaban J connectivity index is 1.57. The minimum Gasteiger partial charge on any atom is -0.339 e. The third-order valence-electron chi connectivity index (χ3n) is 3.94. The van der Waals surface area contributed by atoms with Crippen LogP contribution >= 0.6 is 11.6 Å². The molecule has 6 heteroatoms. The van der Waals surface area contributed by atoms with Crippen molar-refractivity contribution in [2.75, 3.05) is 31.1 Å². The second kappa shape index (κ2) is 6.96. The van der Waals surface area contributed by atoms with Crippen molar-refractivity contribution in [2.24, 2.45) is 0 Å². The number of aryl methyl sites for hydroxylation is 1. The number of nitrogens with zero attached hydrogens (tertiary/aromatic N) is 4. The van der Waals surface area contributed by atoms with Crippen molar-refractivity contribution < 1.29 is 4.79 Å². The molecule has 0 saturated carbocycles. The molecule has 1 aromatic heterocycles. The molecule has 0 atom stereocenters. The van der Waals surface area contributed by atoms with Gasteiger partial charge in [0.05, 0.1) is 6.42 Å². The van der Waals surface area contributed by atoms with Crippen molar-refractivity contribution in [3.05, 3.63) is 52.8 Å². The van der Waals surface area contributed by atoms with E-state index in [-0.39, 0.29) is 5.91 Å². The Morgan fingerprint density at radius 2 is 2.00 bits per heavy atom. The van der Waals surface area contributed by atoms with Gasteiger partial charge >= 0.3 is 0 Å². The highest BCUT2D eigenvalue weighted by Crippen LogP contribution is 2.14. The monoisotopic (exact) mass is 330 g/mol. The molecule has 1 aliphatic rings. The zero-order valence-corrected chi connectivity index (χ0v) is 13.8. The minimum atomic E-state index is 0.136. The SMILES string of the molecule is Cc1ccnc(N2CCN(C(=O)Cc3cccc(Cl)c3)CC2)n1. The van der Waals surface area contributed by atoms with Gasteiger partial charge in [-0.3, -0.25) is 4.79 Å². The van der Waals surface area contributed by atoms with Gasteiger partial charge < -0.3 is 9.80 Å². The van der Waals surface area contributed by atoms with E-state index in [1.54, 1.807) is 6.20 Å². The number of hydrogen-bond donors (Lipinski definition) is 0. The molecule has 1 fully saturated rings. The van der Waals surface area contributed by atoms with Gasteiger partial charge in [0.2, 0.25) is 11.9 Å². The van der Waals surface area contributed by atoms with E-state index in [0.29, 0.717) is 24.5 Å². The van der Waals surface area contributed by atoms with E-state index in [1.165, 1.54) is 0 Å². The Morgan fingerprint density at radius 1 is 1.22 bits per heavy atom. The van der Waals surface area contributed by atoms with Crippen LogP contribution in [0.25, 0.3) is 0 Å². The zero-order valence-electron chi connectivity index (χ0n) is 13.1. The van der Waals surface area contributed by atoms with Gasteiger partial charge in [0.1, 0.15) is 0 Å². The van der Waals surface area contributed by atoms with Crippen LogP contribution in [0.5, 0.6) is 0 Å². The standard InChI is InChI=1S/C17H19ClN4O/c1-13-5-6-19-17(20-13)22-9-7-21(8-10-22)16(23)12-14-3-2-4-15(18)11-14/h2-6,11H,7-10,12H2,1H3. The third kappa shape index (κ3) is 3.99. The van der Waals surface area contributed by atoms with Gasteiger partial charge in [-0.15, -0.1) is 0 Å². The number of carbonyl (C=O) groups excluding carboxylic acids is 1. The van der Waals surface area contributed by atoms with Crippen molar-refractivity contribution in [2.45, 2.75) is 13.3 Å². The number of aromatic nitrogens is 2. The van der Waals surface area contributed by atoms with E-state index in [2.05, 4.69) is 14.9 Å². The number of anilines is 1. The van der Waals surface area contributed by atoms with Crippen LogP contribution in [-0.2, 0) is 11.2 Å². The first-order chi connectivity index (χ1) is 11.1. The van der Waals surface area contributed by atoms with E-state index >= 15 is 0 Å². The second-order valence-electron chi connectivity index (χ2n) is 5.67. The molecule has 0 unspecified atom stereocenters. The number of hydrogen-bond acceptors (Lipinski definition) is 4. The number of rotatable bonds is 3. The van der Waals surface area contributed by atoms with Crippen LogP contribution in [0.3, 0.4) is 0 Å². The number of benzene rings is 1. The van der Waals surface area contributed by atoms with Gasteiger partial charge in [-0.2, -0.15) is 0 Å². The summed E-state index contributed by atoms with van der Waals surface area (Å²) in [7, 11) is 0. The molecule has 0 radical (unpaired) electrons. The molecule has 1 aliphatic heterocycles. The van der Waals surface area contributed by atoms with E-state index in [0.717, 1.165) is 30.3 Å². The first-order valence-electron chi connectivity index (χ1n) is 7.68. The first kappa shape index (κ1) is 15.7. The molecule has 2 heterocycles. The quantitative estimate of drug-likeness (QED) is 0.866. The highest BCUT2D eigenvalue weighted by Gasteiger charge is 2.22. The summed E-state index contributed by atoms with van der Waals surface area (Å²) in [5.74, 6) is 0.879. The van der Waals surface area contributed by atoms with E-state index in [4.69, 9.17) is 11.6 Å². The summed E-state index contributed by atoms with van der Waals surface area (Å²) in [6, 6.07) is 9.35. The van der Waals surface area contributed by atoms with E-state index in [9.17, 15) is 4.79 Å². The maximum Gasteiger partial charge on any atom is 0.227 e. The molecule has 0 spiro atoms. The Hall–Kier alpha value is -2.14. The largest absolute Gasteiger partial charge is 0.339 e. The molecule has 5 nitrogen and oxygen atoms in total. The summed E-state index contributed by atoms with van der Waals surface area (Å²) in [5, 5.41) is 0.664. The van der Waals surface area contributed by atoms with Gasteiger partial charge in [-0.1, -0.05) is 23.7 Å². The van der Waals surface area contributed by atoms with Gasteiger partial charge in [0.25, 0.3) is 0 Å². The van der Waals surface area contributed by atoms with Gasteiger partial charge in [-0.05, 0) is 30.7 Å². The summed E-state index contributed by atoms with van der Waals surface area (Å²) < 4.78 is 0. The lowest BCUT2D eigenvalue weighted by Crippen LogP contribution is -2.49. The Morgan fingerprint density at radius 3 is 2.70 bits per heavy atom. The van der Waals surface area contributed by atoms with Crippen LogP contribution in [0.1, 0.15) is 11.3 Å². The zero-order chi connectivity index (χ0) is 16.2. The van der Waals surface area contributed by atoms with Crippen LogP contribution in [-0.4, -0.2) is 47.0 Å². The molecule has 1 amide bonds. The number of piperazine rings is 1. The Labute approximate surface area is 140 Å². The number of halogens is 1. The van der Waals surface area contributed by atoms with Crippen LogP contribution in [0.2, 0.25) is 5.02 Å². The first-order valence-corrected chi connectivity index (χ1v) is 8.06. The molecule has 2 aromatic rings. The molecular weight excluding hydrogens is 312 g/mol. The fraction of sp³-hybridized carbons (Fsp3) is 0.353. The van der Waals surface area contributed by atoms with Crippen molar-refractivity contribution in [3.8, 4) is 0 Å². The van der Waals surface area contributed by atoms with E-state index in [1.807, 2.05) is 42.2 Å². The molecule has 120 valence electrons. The Bertz CT molecular complexity index is 698. The normalized spacial score (nSPS) is 14.9. The molecule has 0 bridgehead atoms. The second-order valence-corrected chi connectivity index (χ2v) is 6.11. The van der Waals surface area contributed by atoms with Gasteiger partial charge in [0.15, 0.2) is 0 Å². The third-order valence-corrected chi connectivity index (χ3v) is 4.18. The molecule has 1 aromatic carbocycles.